The summed E-state index contributed by atoms with van der Waals surface area (Å²) in [7, 11) is 0. The summed E-state index contributed by atoms with van der Waals surface area (Å²) in [6, 6.07) is 0. The number of carbonyl (C=O) groups excluding carboxylic acids is 2. The fraction of sp³-hybridized carbons (Fsp3) is 0.882. The van der Waals surface area contributed by atoms with E-state index < -0.39 is 0 Å². The molecule has 0 aliphatic rings. The molecule has 0 rings (SSSR count). The van der Waals surface area contributed by atoms with E-state index in [1.165, 1.54) is 0 Å². The van der Waals surface area contributed by atoms with Crippen LogP contribution in [0.5, 0.6) is 0 Å². The molecule has 0 radical (unpaired) electrons. The first-order valence-electron chi connectivity index (χ1n) is 8.96. The first-order chi connectivity index (χ1) is 12.8. The lowest BCUT2D eigenvalue weighted by Gasteiger charge is -2.08. The molecule has 26 heavy (non-hydrogen) atoms. The Kier molecular flexibility index (Phi) is 21.0. The van der Waals surface area contributed by atoms with Crippen LogP contribution in [0.25, 0.3) is 0 Å². The minimum absolute atomic E-state index is 0.0932. The predicted octanol–water partition coefficient (Wildman–Crippen LogP) is -0.189. The third kappa shape index (κ3) is 20.9. The molecule has 154 valence electrons. The van der Waals surface area contributed by atoms with Gasteiger partial charge in [-0.15, -0.1) is 0 Å². The average molecular weight is 379 g/mol. The van der Waals surface area contributed by atoms with E-state index in [1.54, 1.807) is 0 Å². The number of hydrogen-bond acceptors (Lipinski definition) is 8. The van der Waals surface area contributed by atoms with Crippen LogP contribution in [0.15, 0.2) is 0 Å². The second-order valence-electron chi connectivity index (χ2n) is 5.08. The van der Waals surface area contributed by atoms with Crippen LogP contribution in [0.1, 0.15) is 13.3 Å². The summed E-state index contributed by atoms with van der Waals surface area (Å²) in [5, 5.41) is 2.51. The van der Waals surface area contributed by atoms with Gasteiger partial charge in [-0.05, 0) is 0 Å². The van der Waals surface area contributed by atoms with Gasteiger partial charge in [0.15, 0.2) is 5.78 Å². The largest absolute Gasteiger partial charge is 0.377 e. The second-order valence-corrected chi connectivity index (χ2v) is 5.08. The molecule has 0 bridgehead atoms. The fourth-order valence-electron chi connectivity index (χ4n) is 1.58. The fourth-order valence-corrected chi connectivity index (χ4v) is 1.58. The van der Waals surface area contributed by atoms with E-state index in [0.29, 0.717) is 92.1 Å². The van der Waals surface area contributed by atoms with Crippen molar-refractivity contribution >= 4 is 12.2 Å². The molecule has 9 nitrogen and oxygen atoms in total. The Balaban J connectivity index is 3.01. The number of hydrogen-bond donors (Lipinski definition) is 1. The van der Waals surface area contributed by atoms with E-state index in [1.807, 2.05) is 6.92 Å². The van der Waals surface area contributed by atoms with E-state index in [2.05, 4.69) is 5.32 Å². The molecule has 0 saturated carbocycles. The molecule has 1 amide bonds. The second kappa shape index (κ2) is 21.9. The molecule has 9 heteroatoms. The van der Waals surface area contributed by atoms with Gasteiger partial charge in [-0.3, -0.25) is 9.59 Å². The molecule has 0 heterocycles. The van der Waals surface area contributed by atoms with Crippen molar-refractivity contribution < 1.29 is 38.0 Å². The average Bonchev–Trinajstić information content (AvgIpc) is 2.66. The molecule has 0 spiro atoms. The number of ketones is 1. The minimum atomic E-state index is 0.0932. The highest BCUT2D eigenvalue weighted by Crippen LogP contribution is 1.86. The van der Waals surface area contributed by atoms with Gasteiger partial charge in [0.2, 0.25) is 6.41 Å². The molecular weight excluding hydrogens is 346 g/mol. The van der Waals surface area contributed by atoms with E-state index in [0.717, 1.165) is 0 Å². The number of nitrogens with one attached hydrogen (secondary N) is 1. The smallest absolute Gasteiger partial charge is 0.207 e. The van der Waals surface area contributed by atoms with Crippen LogP contribution in [0, 0.1) is 0 Å². The highest BCUT2D eigenvalue weighted by molar-refractivity contribution is 5.79. The van der Waals surface area contributed by atoms with Crippen molar-refractivity contribution in [2.75, 3.05) is 85.8 Å². The molecule has 0 aromatic carbocycles. The number of rotatable bonds is 22. The normalized spacial score (nSPS) is 10.8. The maximum Gasteiger partial charge on any atom is 0.207 e. The third-order valence-electron chi connectivity index (χ3n) is 2.99. The zero-order valence-electron chi connectivity index (χ0n) is 15.7. The van der Waals surface area contributed by atoms with E-state index >= 15 is 0 Å². The highest BCUT2D eigenvalue weighted by Gasteiger charge is 1.97. The van der Waals surface area contributed by atoms with Gasteiger partial charge >= 0.3 is 0 Å². The van der Waals surface area contributed by atoms with Gasteiger partial charge in [-0.1, -0.05) is 6.92 Å². The SMILES string of the molecule is CCC(=O)COCCOCCOCCOCCOCCOCCNC=O. The van der Waals surface area contributed by atoms with Crippen molar-refractivity contribution in [3.8, 4) is 0 Å². The van der Waals surface area contributed by atoms with Crippen molar-refractivity contribution in [2.45, 2.75) is 13.3 Å². The Hall–Kier alpha value is -1.10. The minimum Gasteiger partial charge on any atom is -0.377 e. The van der Waals surface area contributed by atoms with Gasteiger partial charge in [0, 0.05) is 13.0 Å². The Morgan fingerprint density at radius 1 is 0.692 bits per heavy atom. The van der Waals surface area contributed by atoms with Crippen molar-refractivity contribution in [1.29, 1.82) is 0 Å². The zero-order valence-corrected chi connectivity index (χ0v) is 15.7. The summed E-state index contributed by atoms with van der Waals surface area (Å²) in [6.45, 7) is 7.77. The Bertz CT molecular complexity index is 317. The highest BCUT2D eigenvalue weighted by atomic mass is 16.6. The van der Waals surface area contributed by atoms with E-state index in [-0.39, 0.29) is 12.4 Å². The molecule has 0 aliphatic heterocycles. The molecular formula is C17H33NO8. The van der Waals surface area contributed by atoms with E-state index in [4.69, 9.17) is 28.4 Å². The Labute approximate surface area is 155 Å². The Morgan fingerprint density at radius 3 is 1.46 bits per heavy atom. The number of carbonyl (C=O) groups is 2. The van der Waals surface area contributed by atoms with Gasteiger partial charge in [0.1, 0.15) is 6.61 Å². The van der Waals surface area contributed by atoms with Crippen LogP contribution >= 0.6 is 0 Å². The summed E-state index contributed by atoms with van der Waals surface area (Å²) in [4.78, 5) is 21.0. The maximum absolute atomic E-state index is 11.0. The number of ether oxygens (including phenoxy) is 6. The molecule has 1 N–H and O–H groups in total. The quantitative estimate of drug-likeness (QED) is 0.204. The summed E-state index contributed by atoms with van der Waals surface area (Å²) in [6.07, 6.45) is 1.14. The number of Topliss-reactive ketones (excluding diaryl/α,β-unsaturated/α-hetero) is 1. The molecule has 0 atom stereocenters. The zero-order chi connectivity index (χ0) is 19.1. The summed E-state index contributed by atoms with van der Waals surface area (Å²) >= 11 is 0. The first kappa shape index (κ1) is 24.9. The molecule has 0 aromatic rings. The van der Waals surface area contributed by atoms with Gasteiger partial charge in [-0.2, -0.15) is 0 Å². The molecule has 0 unspecified atom stereocenters. The number of amides is 1. The van der Waals surface area contributed by atoms with Crippen LogP contribution in [0.4, 0.5) is 0 Å². The van der Waals surface area contributed by atoms with Crippen molar-refractivity contribution in [1.82, 2.24) is 5.32 Å². The topological polar surface area (TPSA) is 102 Å². The molecule has 0 fully saturated rings. The van der Waals surface area contributed by atoms with Crippen molar-refractivity contribution in [3.63, 3.8) is 0 Å². The molecule has 0 aliphatic carbocycles. The van der Waals surface area contributed by atoms with Crippen LogP contribution in [-0.4, -0.2) is 98.0 Å². The lowest BCUT2D eigenvalue weighted by atomic mass is 10.3. The lowest BCUT2D eigenvalue weighted by Crippen LogP contribution is -2.19. The van der Waals surface area contributed by atoms with Crippen LogP contribution < -0.4 is 5.32 Å². The summed E-state index contributed by atoms with van der Waals surface area (Å²) in [5.41, 5.74) is 0. The Morgan fingerprint density at radius 2 is 1.08 bits per heavy atom. The van der Waals surface area contributed by atoms with Gasteiger partial charge < -0.3 is 33.7 Å². The van der Waals surface area contributed by atoms with Gasteiger partial charge in [0.25, 0.3) is 0 Å². The van der Waals surface area contributed by atoms with E-state index in [9.17, 15) is 9.59 Å². The van der Waals surface area contributed by atoms with Crippen molar-refractivity contribution in [3.05, 3.63) is 0 Å². The third-order valence-corrected chi connectivity index (χ3v) is 2.99. The maximum atomic E-state index is 11.0. The van der Waals surface area contributed by atoms with Crippen LogP contribution in [0.3, 0.4) is 0 Å². The van der Waals surface area contributed by atoms with Crippen molar-refractivity contribution in [2.24, 2.45) is 0 Å². The first-order valence-corrected chi connectivity index (χ1v) is 8.96. The summed E-state index contributed by atoms with van der Waals surface area (Å²) in [5.74, 6) is 0.0932. The van der Waals surface area contributed by atoms with Gasteiger partial charge in [-0.25, -0.2) is 0 Å². The summed E-state index contributed by atoms with van der Waals surface area (Å²) < 4.78 is 31.7. The van der Waals surface area contributed by atoms with Gasteiger partial charge in [0.05, 0.1) is 72.7 Å². The van der Waals surface area contributed by atoms with Crippen LogP contribution in [0.2, 0.25) is 0 Å². The monoisotopic (exact) mass is 379 g/mol. The molecule has 0 saturated heterocycles. The van der Waals surface area contributed by atoms with Crippen LogP contribution in [-0.2, 0) is 38.0 Å². The molecule has 0 aromatic heterocycles. The predicted molar refractivity (Wildman–Crippen MR) is 94.3 cm³/mol. The standard InChI is InChI=1S/C17H33NO8/c1-2-17(20)15-26-14-13-25-12-11-24-10-9-23-8-7-22-6-5-21-4-3-18-16-19/h16H,2-15H2,1H3,(H,18,19). The lowest BCUT2D eigenvalue weighted by molar-refractivity contribution is -0.123.